The summed E-state index contributed by atoms with van der Waals surface area (Å²) in [5, 5.41) is 2.04. The zero-order valence-corrected chi connectivity index (χ0v) is 7.79. The lowest BCUT2D eigenvalue weighted by molar-refractivity contribution is -0.131. The smallest absolute Gasteiger partial charge is 0.219 e. The quantitative estimate of drug-likeness (QED) is 0.570. The third-order valence-electron chi connectivity index (χ3n) is 2.04. The Morgan fingerprint density at radius 2 is 1.92 bits per heavy atom. The van der Waals surface area contributed by atoms with Crippen molar-refractivity contribution in [3.05, 3.63) is 0 Å². The van der Waals surface area contributed by atoms with Gasteiger partial charge in [-0.15, -0.1) is 0 Å². The Hall–Kier alpha value is -0.610. The van der Waals surface area contributed by atoms with E-state index in [1.165, 1.54) is 0 Å². The van der Waals surface area contributed by atoms with Crippen LogP contribution in [0, 0.1) is 0 Å². The number of carbonyl (C=O) groups is 1. The Bertz CT molecular complexity index is 152. The van der Waals surface area contributed by atoms with Gasteiger partial charge in [-0.1, -0.05) is 0 Å². The van der Waals surface area contributed by atoms with Crippen LogP contribution in [0.1, 0.15) is 13.8 Å². The number of carbonyl (C=O) groups excluding carboxylic acids is 1. The molecule has 0 aromatic rings. The predicted octanol–water partition coefficient (Wildman–Crippen LogP) is -0.310. The third kappa shape index (κ3) is 2.46. The molecule has 1 aliphatic heterocycles. The molecule has 4 nitrogen and oxygen atoms in total. The summed E-state index contributed by atoms with van der Waals surface area (Å²) in [6.45, 7) is 7.88. The summed E-state index contributed by atoms with van der Waals surface area (Å²) >= 11 is 0. The minimum atomic E-state index is 0.172. The van der Waals surface area contributed by atoms with E-state index >= 15 is 0 Å². The van der Waals surface area contributed by atoms with Crippen LogP contribution in [-0.4, -0.2) is 48.5 Å². The van der Waals surface area contributed by atoms with Crippen LogP contribution in [-0.2, 0) is 4.79 Å². The monoisotopic (exact) mass is 170 g/mol. The Morgan fingerprint density at radius 1 is 1.33 bits per heavy atom. The second-order valence-electron chi connectivity index (χ2n) is 2.92. The lowest BCUT2D eigenvalue weighted by Crippen LogP contribution is -2.50. The fourth-order valence-electron chi connectivity index (χ4n) is 1.35. The normalized spacial score (nSPS) is 19.7. The van der Waals surface area contributed by atoms with Crippen LogP contribution in [0.5, 0.6) is 0 Å². The van der Waals surface area contributed by atoms with Gasteiger partial charge in [-0.2, -0.15) is 5.43 Å². The largest absolute Gasteiger partial charge is 0.340 e. The van der Waals surface area contributed by atoms with Gasteiger partial charge in [0, 0.05) is 39.6 Å². The second-order valence-corrected chi connectivity index (χ2v) is 2.92. The van der Waals surface area contributed by atoms with E-state index in [4.69, 9.17) is 0 Å². The van der Waals surface area contributed by atoms with Crippen molar-refractivity contribution in [1.82, 2.24) is 15.3 Å². The maximum absolute atomic E-state index is 10.9. The van der Waals surface area contributed by atoms with E-state index in [2.05, 4.69) is 5.43 Å². The van der Waals surface area contributed by atoms with E-state index in [1.54, 1.807) is 6.92 Å². The molecule has 4 heteroatoms. The van der Waals surface area contributed by atoms with Gasteiger partial charge in [-0.25, -0.2) is 5.01 Å². The first kappa shape index (κ1) is 9.48. The first-order valence-electron chi connectivity index (χ1n) is 4.42. The van der Waals surface area contributed by atoms with E-state index in [1.807, 2.05) is 16.8 Å². The van der Waals surface area contributed by atoms with Crippen molar-refractivity contribution in [2.24, 2.45) is 0 Å². The van der Waals surface area contributed by atoms with Crippen molar-refractivity contribution in [3.63, 3.8) is 0 Å². The zero-order valence-electron chi connectivity index (χ0n) is 7.79. The molecular weight excluding hydrogens is 154 g/mol. The SMILES string of the molecule is CC[N]N1CCN(C(C)=O)CC1. The van der Waals surface area contributed by atoms with Crippen molar-refractivity contribution in [1.29, 1.82) is 0 Å². The molecule has 1 rings (SSSR count). The van der Waals surface area contributed by atoms with Gasteiger partial charge in [-0.3, -0.25) is 4.79 Å². The molecule has 1 aliphatic rings. The molecule has 1 amide bonds. The number of amides is 1. The van der Waals surface area contributed by atoms with Gasteiger partial charge >= 0.3 is 0 Å². The topological polar surface area (TPSA) is 37.7 Å². The van der Waals surface area contributed by atoms with Gasteiger partial charge in [-0.05, 0) is 6.92 Å². The van der Waals surface area contributed by atoms with Crippen molar-refractivity contribution >= 4 is 5.91 Å². The lowest BCUT2D eigenvalue weighted by Gasteiger charge is -2.32. The van der Waals surface area contributed by atoms with E-state index in [9.17, 15) is 4.79 Å². The highest BCUT2D eigenvalue weighted by molar-refractivity contribution is 5.73. The van der Waals surface area contributed by atoms with Gasteiger partial charge in [0.1, 0.15) is 0 Å². The molecule has 0 aromatic carbocycles. The zero-order chi connectivity index (χ0) is 8.97. The molecule has 69 valence electrons. The Labute approximate surface area is 73.5 Å². The van der Waals surface area contributed by atoms with E-state index in [-0.39, 0.29) is 5.91 Å². The highest BCUT2D eigenvalue weighted by Crippen LogP contribution is 1.99. The molecular formula is C8H16N3O. The van der Waals surface area contributed by atoms with Crippen LogP contribution in [0.3, 0.4) is 0 Å². The molecule has 0 unspecified atom stereocenters. The second kappa shape index (κ2) is 4.42. The highest BCUT2D eigenvalue weighted by atomic mass is 16.2. The van der Waals surface area contributed by atoms with Crippen LogP contribution in [0.4, 0.5) is 0 Å². The molecule has 1 heterocycles. The first-order chi connectivity index (χ1) is 5.74. The van der Waals surface area contributed by atoms with Gasteiger partial charge in [0.05, 0.1) is 0 Å². The van der Waals surface area contributed by atoms with Crippen LogP contribution in [0.15, 0.2) is 0 Å². The van der Waals surface area contributed by atoms with Crippen molar-refractivity contribution in [3.8, 4) is 0 Å². The highest BCUT2D eigenvalue weighted by Gasteiger charge is 2.17. The molecule has 0 spiro atoms. The summed E-state index contributed by atoms with van der Waals surface area (Å²) in [7, 11) is 0. The lowest BCUT2D eigenvalue weighted by atomic mass is 10.3. The summed E-state index contributed by atoms with van der Waals surface area (Å²) in [6.07, 6.45) is 0. The maximum Gasteiger partial charge on any atom is 0.219 e. The molecule has 12 heavy (non-hydrogen) atoms. The minimum Gasteiger partial charge on any atom is -0.340 e. The molecule has 1 saturated heterocycles. The van der Waals surface area contributed by atoms with E-state index in [0.717, 1.165) is 32.7 Å². The molecule has 1 radical (unpaired) electrons. The first-order valence-corrected chi connectivity index (χ1v) is 4.42. The van der Waals surface area contributed by atoms with Gasteiger partial charge in [0.2, 0.25) is 5.91 Å². The van der Waals surface area contributed by atoms with Crippen molar-refractivity contribution in [2.45, 2.75) is 13.8 Å². The van der Waals surface area contributed by atoms with Crippen molar-refractivity contribution in [2.75, 3.05) is 32.7 Å². The summed E-state index contributed by atoms with van der Waals surface area (Å²) in [6, 6.07) is 0. The molecule has 0 aliphatic carbocycles. The minimum absolute atomic E-state index is 0.172. The number of hydrogen-bond acceptors (Lipinski definition) is 2. The maximum atomic E-state index is 10.9. The summed E-state index contributed by atoms with van der Waals surface area (Å²) in [5.74, 6) is 0.172. The van der Waals surface area contributed by atoms with Crippen molar-refractivity contribution < 1.29 is 4.79 Å². The fraction of sp³-hybridized carbons (Fsp3) is 0.875. The van der Waals surface area contributed by atoms with Crippen LogP contribution >= 0.6 is 0 Å². The standard InChI is InChI=1S/C8H16N3O/c1-3-9-11-6-4-10(5-7-11)8(2)12/h3-7H2,1-2H3. The Balaban J connectivity index is 2.25. The van der Waals surface area contributed by atoms with Crippen LogP contribution < -0.4 is 5.43 Å². The van der Waals surface area contributed by atoms with E-state index in [0.29, 0.717) is 0 Å². The average molecular weight is 170 g/mol. The molecule has 0 saturated carbocycles. The molecule has 0 atom stereocenters. The van der Waals surface area contributed by atoms with Gasteiger partial charge in [0.15, 0.2) is 0 Å². The Morgan fingerprint density at radius 3 is 2.33 bits per heavy atom. The number of hydrogen-bond donors (Lipinski definition) is 0. The molecule has 0 aromatic heterocycles. The van der Waals surface area contributed by atoms with Crippen LogP contribution in [0.2, 0.25) is 0 Å². The number of piperazine rings is 1. The van der Waals surface area contributed by atoms with Crippen LogP contribution in [0.25, 0.3) is 0 Å². The predicted molar refractivity (Wildman–Crippen MR) is 46.5 cm³/mol. The summed E-state index contributed by atoms with van der Waals surface area (Å²) < 4.78 is 0. The van der Waals surface area contributed by atoms with E-state index < -0.39 is 0 Å². The summed E-state index contributed by atoms with van der Waals surface area (Å²) in [5.41, 5.74) is 4.27. The number of rotatable bonds is 2. The van der Waals surface area contributed by atoms with Gasteiger partial charge < -0.3 is 4.90 Å². The average Bonchev–Trinajstić information content (AvgIpc) is 2.06. The number of nitrogens with zero attached hydrogens (tertiary/aromatic N) is 3. The fourth-order valence-corrected chi connectivity index (χ4v) is 1.35. The molecule has 1 fully saturated rings. The Kier molecular flexibility index (Phi) is 3.49. The van der Waals surface area contributed by atoms with Gasteiger partial charge in [0.25, 0.3) is 0 Å². The third-order valence-corrected chi connectivity index (χ3v) is 2.04. The molecule has 0 bridgehead atoms. The molecule has 0 N–H and O–H groups in total. The summed E-state index contributed by atoms with van der Waals surface area (Å²) in [4.78, 5) is 12.8.